The fourth-order valence-electron chi connectivity index (χ4n) is 2.19. The largest absolute Gasteiger partial charge is 0.368 e. The second-order valence-electron chi connectivity index (χ2n) is 5.23. The Bertz CT molecular complexity index is 694. The Morgan fingerprint density at radius 1 is 1.04 bits per heavy atom. The summed E-state index contributed by atoms with van der Waals surface area (Å²) in [6.45, 7) is 0.295. The van der Waals surface area contributed by atoms with Crippen molar-refractivity contribution in [3.8, 4) is 0 Å². The average molecular weight is 363 g/mol. The third-order valence-corrected chi connectivity index (χ3v) is 4.84. The molecule has 0 unspecified atom stereocenters. The Morgan fingerprint density at radius 3 is 2.38 bits per heavy atom. The molecule has 0 saturated carbocycles. The molecule has 2 aromatic carbocycles. The highest BCUT2D eigenvalue weighted by Gasteiger charge is 2.16. The first-order valence-electron chi connectivity index (χ1n) is 7.53. The Labute approximate surface area is 151 Å². The van der Waals surface area contributed by atoms with Crippen LogP contribution in [0.25, 0.3) is 0 Å². The van der Waals surface area contributed by atoms with Crippen LogP contribution in [0.3, 0.4) is 0 Å². The predicted molar refractivity (Wildman–Crippen MR) is 97.8 cm³/mol. The molecule has 0 spiro atoms. The Kier molecular flexibility index (Phi) is 7.15. The van der Waals surface area contributed by atoms with Crippen LogP contribution in [0.4, 0.5) is 0 Å². The molecule has 0 saturated heterocycles. The number of thioether (sulfide) groups is 1. The van der Waals surface area contributed by atoms with E-state index in [4.69, 9.17) is 17.3 Å². The fourth-order valence-corrected chi connectivity index (χ4v) is 3.37. The second kappa shape index (κ2) is 9.35. The molecular formula is C18H19ClN2O2S. The Hall–Kier alpha value is -1.98. The topological polar surface area (TPSA) is 63.4 Å². The molecule has 0 bridgehead atoms. The van der Waals surface area contributed by atoms with E-state index in [-0.39, 0.29) is 12.5 Å². The molecule has 0 atom stereocenters. The van der Waals surface area contributed by atoms with Crippen molar-refractivity contribution in [2.45, 2.75) is 17.9 Å². The Balaban J connectivity index is 1.92. The van der Waals surface area contributed by atoms with Crippen molar-refractivity contribution in [1.82, 2.24) is 4.90 Å². The van der Waals surface area contributed by atoms with E-state index in [2.05, 4.69) is 0 Å². The van der Waals surface area contributed by atoms with Crippen LogP contribution in [0.1, 0.15) is 12.0 Å². The number of halogens is 1. The number of amides is 2. The van der Waals surface area contributed by atoms with E-state index in [0.717, 1.165) is 10.5 Å². The van der Waals surface area contributed by atoms with Gasteiger partial charge in [0.05, 0.1) is 11.6 Å². The number of hydrogen-bond donors (Lipinski definition) is 1. The zero-order valence-electron chi connectivity index (χ0n) is 13.2. The SMILES string of the molecule is NC(=O)CN(Cc1ccccc1)C(=O)CCSc1ccccc1Cl. The van der Waals surface area contributed by atoms with Gasteiger partial charge >= 0.3 is 0 Å². The van der Waals surface area contributed by atoms with Gasteiger partial charge in [-0.3, -0.25) is 9.59 Å². The molecule has 0 aliphatic carbocycles. The van der Waals surface area contributed by atoms with Crippen LogP contribution >= 0.6 is 23.4 Å². The van der Waals surface area contributed by atoms with Crippen LogP contribution in [0.5, 0.6) is 0 Å². The molecule has 4 nitrogen and oxygen atoms in total. The maximum atomic E-state index is 12.4. The molecule has 0 radical (unpaired) electrons. The predicted octanol–water partition coefficient (Wildman–Crippen LogP) is 3.34. The highest BCUT2D eigenvalue weighted by atomic mass is 35.5. The summed E-state index contributed by atoms with van der Waals surface area (Å²) in [6.07, 6.45) is 0.315. The van der Waals surface area contributed by atoms with Crippen LogP contribution in [0.2, 0.25) is 5.02 Å². The number of nitrogens with zero attached hydrogens (tertiary/aromatic N) is 1. The summed E-state index contributed by atoms with van der Waals surface area (Å²) in [5, 5.41) is 0.674. The van der Waals surface area contributed by atoms with Crippen molar-refractivity contribution < 1.29 is 9.59 Å². The maximum absolute atomic E-state index is 12.4. The first-order chi connectivity index (χ1) is 11.6. The zero-order valence-corrected chi connectivity index (χ0v) is 14.7. The smallest absolute Gasteiger partial charge is 0.237 e. The van der Waals surface area contributed by atoms with Gasteiger partial charge < -0.3 is 10.6 Å². The lowest BCUT2D eigenvalue weighted by molar-refractivity contribution is -0.135. The molecule has 0 fully saturated rings. The van der Waals surface area contributed by atoms with Gasteiger partial charge in [0.1, 0.15) is 0 Å². The molecule has 2 amide bonds. The van der Waals surface area contributed by atoms with E-state index in [9.17, 15) is 9.59 Å². The van der Waals surface area contributed by atoms with Gasteiger partial charge in [0, 0.05) is 23.6 Å². The van der Waals surface area contributed by atoms with Crippen LogP contribution < -0.4 is 5.73 Å². The first-order valence-corrected chi connectivity index (χ1v) is 8.90. The van der Waals surface area contributed by atoms with Crippen molar-refractivity contribution in [2.24, 2.45) is 5.73 Å². The third-order valence-electron chi connectivity index (χ3n) is 3.33. The van der Waals surface area contributed by atoms with Crippen LogP contribution in [0, 0.1) is 0 Å². The number of carbonyl (C=O) groups is 2. The van der Waals surface area contributed by atoms with E-state index in [1.807, 2.05) is 54.6 Å². The van der Waals surface area contributed by atoms with Crippen molar-refractivity contribution in [2.75, 3.05) is 12.3 Å². The summed E-state index contributed by atoms with van der Waals surface area (Å²) in [5.74, 6) is -0.0256. The van der Waals surface area contributed by atoms with E-state index in [0.29, 0.717) is 23.7 Å². The molecule has 0 aliphatic rings. The standard InChI is InChI=1S/C18H19ClN2O2S/c19-15-8-4-5-9-16(15)24-11-10-18(23)21(13-17(20)22)12-14-6-2-1-3-7-14/h1-9H,10-13H2,(H2,20,22). The summed E-state index contributed by atoms with van der Waals surface area (Å²) in [4.78, 5) is 26.1. The molecule has 0 aromatic heterocycles. The average Bonchev–Trinajstić information content (AvgIpc) is 2.56. The summed E-state index contributed by atoms with van der Waals surface area (Å²) >= 11 is 7.62. The van der Waals surface area contributed by atoms with Gasteiger partial charge in [-0.25, -0.2) is 0 Å². The lowest BCUT2D eigenvalue weighted by atomic mass is 10.2. The minimum absolute atomic E-state index is 0.0789. The van der Waals surface area contributed by atoms with Gasteiger partial charge in [0.25, 0.3) is 0 Å². The molecule has 126 valence electrons. The van der Waals surface area contributed by atoms with Gasteiger partial charge in [-0.05, 0) is 17.7 Å². The van der Waals surface area contributed by atoms with Crippen LogP contribution in [-0.4, -0.2) is 29.0 Å². The zero-order chi connectivity index (χ0) is 17.4. The molecule has 0 aliphatic heterocycles. The van der Waals surface area contributed by atoms with E-state index >= 15 is 0 Å². The molecule has 2 aromatic rings. The maximum Gasteiger partial charge on any atom is 0.237 e. The van der Waals surface area contributed by atoms with E-state index in [1.54, 1.807) is 0 Å². The monoisotopic (exact) mass is 362 g/mol. The van der Waals surface area contributed by atoms with Gasteiger partial charge in [0.15, 0.2) is 0 Å². The number of primary amides is 1. The molecular weight excluding hydrogens is 344 g/mol. The number of hydrogen-bond acceptors (Lipinski definition) is 3. The summed E-state index contributed by atoms with van der Waals surface area (Å²) in [6, 6.07) is 17.1. The van der Waals surface area contributed by atoms with Gasteiger partial charge in [0.2, 0.25) is 11.8 Å². The minimum atomic E-state index is -0.516. The highest BCUT2D eigenvalue weighted by molar-refractivity contribution is 7.99. The van der Waals surface area contributed by atoms with E-state index in [1.165, 1.54) is 16.7 Å². The number of benzene rings is 2. The van der Waals surface area contributed by atoms with E-state index < -0.39 is 5.91 Å². The van der Waals surface area contributed by atoms with Crippen molar-refractivity contribution in [1.29, 1.82) is 0 Å². The molecule has 2 rings (SSSR count). The van der Waals surface area contributed by atoms with Gasteiger partial charge in [-0.15, -0.1) is 11.8 Å². The number of nitrogens with two attached hydrogens (primary N) is 1. The lowest BCUT2D eigenvalue weighted by Crippen LogP contribution is -2.38. The first kappa shape index (κ1) is 18.4. The fraction of sp³-hybridized carbons (Fsp3) is 0.222. The summed E-state index contributed by atoms with van der Waals surface area (Å²) in [5.41, 5.74) is 6.23. The second-order valence-corrected chi connectivity index (χ2v) is 6.77. The van der Waals surface area contributed by atoms with Gasteiger partial charge in [-0.2, -0.15) is 0 Å². The number of carbonyl (C=O) groups excluding carboxylic acids is 2. The molecule has 2 N–H and O–H groups in total. The van der Waals surface area contributed by atoms with Crippen molar-refractivity contribution >= 4 is 35.2 Å². The van der Waals surface area contributed by atoms with Crippen LogP contribution in [0.15, 0.2) is 59.5 Å². The Morgan fingerprint density at radius 2 is 1.71 bits per heavy atom. The minimum Gasteiger partial charge on any atom is -0.368 e. The molecule has 24 heavy (non-hydrogen) atoms. The lowest BCUT2D eigenvalue weighted by Gasteiger charge is -2.21. The molecule has 6 heteroatoms. The third kappa shape index (κ3) is 5.91. The molecule has 0 heterocycles. The quantitative estimate of drug-likeness (QED) is 0.732. The van der Waals surface area contributed by atoms with Gasteiger partial charge in [-0.1, -0.05) is 54.1 Å². The van der Waals surface area contributed by atoms with Crippen LogP contribution in [-0.2, 0) is 16.1 Å². The number of rotatable bonds is 8. The normalized spacial score (nSPS) is 10.4. The summed E-state index contributed by atoms with van der Waals surface area (Å²) < 4.78 is 0. The van der Waals surface area contributed by atoms with Crippen molar-refractivity contribution in [3.05, 3.63) is 65.2 Å². The summed E-state index contributed by atoms with van der Waals surface area (Å²) in [7, 11) is 0. The van der Waals surface area contributed by atoms with Crippen molar-refractivity contribution in [3.63, 3.8) is 0 Å². The highest BCUT2D eigenvalue weighted by Crippen LogP contribution is 2.27.